The zero-order valence-corrected chi connectivity index (χ0v) is 13.1. The van der Waals surface area contributed by atoms with Crippen molar-refractivity contribution in [2.45, 2.75) is 35.9 Å². The van der Waals surface area contributed by atoms with Crippen LogP contribution in [-0.2, 0) is 10.0 Å². The van der Waals surface area contributed by atoms with E-state index in [2.05, 4.69) is 15.9 Å². The number of thiophene rings is 1. The van der Waals surface area contributed by atoms with Crippen LogP contribution in [0.25, 0.3) is 0 Å². The Bertz CT molecular complexity index is 496. The van der Waals surface area contributed by atoms with Gasteiger partial charge in [-0.05, 0) is 47.3 Å². The summed E-state index contributed by atoms with van der Waals surface area (Å²) in [5, 5.41) is 8.90. The Morgan fingerprint density at radius 3 is 2.61 bits per heavy atom. The van der Waals surface area contributed by atoms with Crippen molar-refractivity contribution in [2.75, 3.05) is 13.2 Å². The van der Waals surface area contributed by atoms with Crippen LogP contribution in [0, 0.1) is 0 Å². The minimum Gasteiger partial charge on any atom is -0.396 e. The van der Waals surface area contributed by atoms with Crippen LogP contribution >= 0.6 is 27.3 Å². The molecule has 102 valence electrons. The molecule has 0 saturated heterocycles. The first-order valence-electron chi connectivity index (χ1n) is 5.94. The number of aliphatic hydroxyl groups is 1. The van der Waals surface area contributed by atoms with Crippen molar-refractivity contribution in [1.29, 1.82) is 0 Å². The van der Waals surface area contributed by atoms with Crippen LogP contribution in [0.1, 0.15) is 25.7 Å². The van der Waals surface area contributed by atoms with E-state index in [0.29, 0.717) is 17.2 Å². The molecule has 1 aromatic rings. The Morgan fingerprint density at radius 2 is 2.17 bits per heavy atom. The molecule has 1 aromatic heterocycles. The lowest BCUT2D eigenvalue weighted by atomic mass is 9.93. The first-order valence-corrected chi connectivity index (χ1v) is 8.98. The van der Waals surface area contributed by atoms with E-state index in [0.717, 1.165) is 23.0 Å². The van der Waals surface area contributed by atoms with E-state index in [1.54, 1.807) is 16.4 Å². The van der Waals surface area contributed by atoms with Crippen LogP contribution < -0.4 is 0 Å². The van der Waals surface area contributed by atoms with Crippen molar-refractivity contribution in [3.8, 4) is 0 Å². The minimum atomic E-state index is -3.40. The van der Waals surface area contributed by atoms with Crippen LogP contribution in [0.3, 0.4) is 0 Å². The Morgan fingerprint density at radius 1 is 1.44 bits per heavy atom. The molecule has 0 aliphatic heterocycles. The molecule has 1 aliphatic carbocycles. The van der Waals surface area contributed by atoms with E-state index in [1.807, 2.05) is 0 Å². The van der Waals surface area contributed by atoms with Gasteiger partial charge in [0, 0.05) is 19.2 Å². The molecule has 0 bridgehead atoms. The van der Waals surface area contributed by atoms with Gasteiger partial charge in [-0.25, -0.2) is 8.42 Å². The van der Waals surface area contributed by atoms with Gasteiger partial charge in [-0.2, -0.15) is 4.31 Å². The summed E-state index contributed by atoms with van der Waals surface area (Å²) in [7, 11) is -3.40. The van der Waals surface area contributed by atoms with Gasteiger partial charge in [0.25, 0.3) is 10.0 Å². The third-order valence-electron chi connectivity index (χ3n) is 3.13. The summed E-state index contributed by atoms with van der Waals surface area (Å²) in [6, 6.07) is 3.50. The summed E-state index contributed by atoms with van der Waals surface area (Å²) in [6.45, 7) is 0.423. The number of hydrogen-bond donors (Lipinski definition) is 1. The molecule has 7 heteroatoms. The molecule has 2 rings (SSSR count). The van der Waals surface area contributed by atoms with Crippen molar-refractivity contribution in [3.63, 3.8) is 0 Å². The number of aliphatic hydroxyl groups excluding tert-OH is 1. The smallest absolute Gasteiger partial charge is 0.252 e. The van der Waals surface area contributed by atoms with Gasteiger partial charge in [-0.1, -0.05) is 6.42 Å². The Hall–Kier alpha value is 0.0500. The zero-order chi connectivity index (χ0) is 13.2. The van der Waals surface area contributed by atoms with Crippen molar-refractivity contribution < 1.29 is 13.5 Å². The lowest BCUT2D eigenvalue weighted by Crippen LogP contribution is -2.44. The third-order valence-corrected chi connectivity index (χ3v) is 7.17. The molecule has 0 radical (unpaired) electrons. The van der Waals surface area contributed by atoms with Crippen LogP contribution in [0.5, 0.6) is 0 Å². The van der Waals surface area contributed by atoms with Crippen molar-refractivity contribution in [2.24, 2.45) is 0 Å². The second-order valence-corrected chi connectivity index (χ2v) is 8.92. The normalized spacial score (nSPS) is 17.1. The fourth-order valence-corrected chi connectivity index (χ4v) is 5.81. The summed E-state index contributed by atoms with van der Waals surface area (Å²) in [6.07, 6.45) is 3.43. The van der Waals surface area contributed by atoms with E-state index >= 15 is 0 Å². The molecule has 1 fully saturated rings. The molecule has 0 aromatic carbocycles. The van der Waals surface area contributed by atoms with Gasteiger partial charge in [-0.3, -0.25) is 0 Å². The van der Waals surface area contributed by atoms with Crippen LogP contribution in [0.4, 0.5) is 0 Å². The summed E-state index contributed by atoms with van der Waals surface area (Å²) in [4.78, 5) is 0. The molecule has 0 unspecified atom stereocenters. The Balaban J connectivity index is 2.22. The number of hydrogen-bond acceptors (Lipinski definition) is 4. The fourth-order valence-electron chi connectivity index (χ4n) is 1.95. The average molecular weight is 354 g/mol. The molecular weight excluding hydrogens is 338 g/mol. The molecule has 0 spiro atoms. The molecule has 0 amide bonds. The van der Waals surface area contributed by atoms with Gasteiger partial charge in [0.2, 0.25) is 0 Å². The van der Waals surface area contributed by atoms with Crippen molar-refractivity contribution in [1.82, 2.24) is 4.31 Å². The van der Waals surface area contributed by atoms with Gasteiger partial charge in [0.15, 0.2) is 0 Å². The monoisotopic (exact) mass is 353 g/mol. The highest BCUT2D eigenvalue weighted by molar-refractivity contribution is 9.11. The Labute approximate surface area is 120 Å². The van der Waals surface area contributed by atoms with Gasteiger partial charge in [0.1, 0.15) is 4.21 Å². The predicted molar refractivity (Wildman–Crippen MR) is 75.3 cm³/mol. The summed E-state index contributed by atoms with van der Waals surface area (Å²) >= 11 is 4.52. The van der Waals surface area contributed by atoms with E-state index in [1.165, 1.54) is 11.3 Å². The quantitative estimate of drug-likeness (QED) is 0.854. The van der Waals surface area contributed by atoms with E-state index < -0.39 is 10.0 Å². The highest BCUT2D eigenvalue weighted by Gasteiger charge is 2.35. The van der Waals surface area contributed by atoms with E-state index in [-0.39, 0.29) is 12.6 Å². The largest absolute Gasteiger partial charge is 0.396 e. The predicted octanol–water partition coefficient (Wildman–Crippen LogP) is 2.44. The number of rotatable bonds is 6. The summed E-state index contributed by atoms with van der Waals surface area (Å²) in [5.74, 6) is 0. The molecule has 4 nitrogen and oxygen atoms in total. The molecule has 0 atom stereocenters. The minimum absolute atomic E-state index is 0.0207. The second kappa shape index (κ2) is 6.00. The van der Waals surface area contributed by atoms with E-state index in [4.69, 9.17) is 5.11 Å². The van der Waals surface area contributed by atoms with Gasteiger partial charge >= 0.3 is 0 Å². The first-order chi connectivity index (χ1) is 8.55. The van der Waals surface area contributed by atoms with Crippen molar-refractivity contribution in [3.05, 3.63) is 15.9 Å². The highest BCUT2D eigenvalue weighted by atomic mass is 79.9. The van der Waals surface area contributed by atoms with Gasteiger partial charge in [-0.15, -0.1) is 11.3 Å². The summed E-state index contributed by atoms with van der Waals surface area (Å²) < 4.78 is 27.8. The molecule has 1 N–H and O–H groups in total. The number of sulfonamides is 1. The van der Waals surface area contributed by atoms with E-state index in [9.17, 15) is 8.42 Å². The maximum absolute atomic E-state index is 12.5. The molecular formula is C11H16BrNO3S2. The molecule has 18 heavy (non-hydrogen) atoms. The highest BCUT2D eigenvalue weighted by Crippen LogP contribution is 2.33. The molecule has 1 heterocycles. The molecule has 1 aliphatic rings. The standard InChI is InChI=1S/C11H16BrNO3S2/c12-10-5-6-11(17-10)18(15,16)13(7-2-8-14)9-3-1-4-9/h5-6,9,14H,1-4,7-8H2. The lowest BCUT2D eigenvalue weighted by molar-refractivity contribution is 0.199. The number of halogens is 1. The lowest BCUT2D eigenvalue weighted by Gasteiger charge is -2.36. The SMILES string of the molecule is O=S(=O)(c1ccc(Br)s1)N(CCCO)C1CCC1. The zero-order valence-electron chi connectivity index (χ0n) is 9.88. The topological polar surface area (TPSA) is 57.6 Å². The maximum atomic E-state index is 12.5. The van der Waals surface area contributed by atoms with Crippen LogP contribution in [-0.4, -0.2) is 37.0 Å². The average Bonchev–Trinajstić information content (AvgIpc) is 2.68. The molecule has 1 saturated carbocycles. The summed E-state index contributed by atoms with van der Waals surface area (Å²) in [5.41, 5.74) is 0. The van der Waals surface area contributed by atoms with Gasteiger partial charge < -0.3 is 5.11 Å². The number of nitrogens with zero attached hydrogens (tertiary/aromatic N) is 1. The van der Waals surface area contributed by atoms with Crippen molar-refractivity contribution >= 4 is 37.3 Å². The maximum Gasteiger partial charge on any atom is 0.252 e. The van der Waals surface area contributed by atoms with Crippen LogP contribution in [0.2, 0.25) is 0 Å². The fraction of sp³-hybridized carbons (Fsp3) is 0.636. The second-order valence-electron chi connectivity index (χ2n) is 4.34. The Kier molecular flexibility index (Phi) is 4.82. The van der Waals surface area contributed by atoms with Crippen LogP contribution in [0.15, 0.2) is 20.1 Å². The first kappa shape index (κ1) is 14.5. The third kappa shape index (κ3) is 2.96. The van der Waals surface area contributed by atoms with Gasteiger partial charge in [0.05, 0.1) is 3.79 Å².